The Morgan fingerprint density at radius 2 is 2.18 bits per heavy atom. The molecule has 2 atom stereocenters. The number of nitrogens with zero attached hydrogens (tertiary/aromatic N) is 3. The van der Waals surface area contributed by atoms with Gasteiger partial charge in [-0.05, 0) is 32.8 Å². The topological polar surface area (TPSA) is 102 Å². The van der Waals surface area contributed by atoms with Crippen LogP contribution in [0.1, 0.15) is 38.4 Å². The molecule has 2 N–H and O–H groups in total. The standard InChI is InChI=1S/C20H23N5O3/c1-13(25-18(27)15-7-4-3-6-14(15)11-22-25)16-10-17(26)24-19(23-16)21-12-20(2)8-5-9-28-20/h3-4,6-7,10-11,13H,5,8-9,12H2,1-2H3,(H2,21,23,24,26)/t13-,20-/m1/s1. The molecule has 8 nitrogen and oxygen atoms in total. The molecule has 146 valence electrons. The molecule has 0 unspecified atom stereocenters. The highest BCUT2D eigenvalue weighted by molar-refractivity contribution is 5.80. The van der Waals surface area contributed by atoms with Crippen molar-refractivity contribution in [3.63, 3.8) is 0 Å². The van der Waals surface area contributed by atoms with Gasteiger partial charge in [0.05, 0.1) is 28.9 Å². The van der Waals surface area contributed by atoms with E-state index in [1.165, 1.54) is 10.7 Å². The van der Waals surface area contributed by atoms with Gasteiger partial charge in [-0.2, -0.15) is 5.10 Å². The largest absolute Gasteiger partial charge is 0.373 e. The van der Waals surface area contributed by atoms with E-state index in [4.69, 9.17) is 4.74 Å². The van der Waals surface area contributed by atoms with Crippen LogP contribution in [-0.4, -0.2) is 38.5 Å². The number of hydrogen-bond acceptors (Lipinski definition) is 6. The minimum Gasteiger partial charge on any atom is -0.373 e. The summed E-state index contributed by atoms with van der Waals surface area (Å²) in [6.45, 7) is 5.13. The quantitative estimate of drug-likeness (QED) is 0.701. The predicted octanol–water partition coefficient (Wildman–Crippen LogP) is 2.07. The molecule has 2 aromatic heterocycles. The normalized spacial score (nSPS) is 20.4. The molecule has 1 fully saturated rings. The van der Waals surface area contributed by atoms with Gasteiger partial charge in [0.25, 0.3) is 11.1 Å². The van der Waals surface area contributed by atoms with Crippen molar-refractivity contribution in [3.8, 4) is 0 Å². The average molecular weight is 381 g/mol. The van der Waals surface area contributed by atoms with Gasteiger partial charge in [0.1, 0.15) is 0 Å². The lowest BCUT2D eigenvalue weighted by atomic mass is 10.0. The number of fused-ring (bicyclic) bond motifs is 1. The van der Waals surface area contributed by atoms with E-state index in [1.54, 1.807) is 19.2 Å². The predicted molar refractivity (Wildman–Crippen MR) is 107 cm³/mol. The zero-order valence-electron chi connectivity index (χ0n) is 15.9. The van der Waals surface area contributed by atoms with Crippen molar-refractivity contribution in [2.24, 2.45) is 0 Å². The number of ether oxygens (including phenoxy) is 1. The van der Waals surface area contributed by atoms with Crippen LogP contribution < -0.4 is 16.4 Å². The molecule has 1 aliphatic rings. The first-order valence-corrected chi connectivity index (χ1v) is 9.41. The molecular weight excluding hydrogens is 358 g/mol. The van der Waals surface area contributed by atoms with Crippen LogP contribution in [0.4, 0.5) is 5.95 Å². The molecule has 0 spiro atoms. The van der Waals surface area contributed by atoms with Gasteiger partial charge in [0, 0.05) is 24.6 Å². The molecule has 0 bridgehead atoms. The maximum absolute atomic E-state index is 12.8. The van der Waals surface area contributed by atoms with E-state index in [0.717, 1.165) is 24.8 Å². The van der Waals surface area contributed by atoms with Gasteiger partial charge in [0.2, 0.25) is 5.95 Å². The summed E-state index contributed by atoms with van der Waals surface area (Å²) in [5.74, 6) is 0.361. The minimum absolute atomic E-state index is 0.214. The molecule has 4 rings (SSSR count). The van der Waals surface area contributed by atoms with Crippen LogP contribution in [0, 0.1) is 0 Å². The third kappa shape index (κ3) is 3.55. The van der Waals surface area contributed by atoms with Gasteiger partial charge < -0.3 is 10.1 Å². The second kappa shape index (κ2) is 7.20. The lowest BCUT2D eigenvalue weighted by Gasteiger charge is -2.23. The highest BCUT2D eigenvalue weighted by Crippen LogP contribution is 2.25. The first-order valence-electron chi connectivity index (χ1n) is 9.41. The summed E-state index contributed by atoms with van der Waals surface area (Å²) in [5, 5.41) is 8.79. The summed E-state index contributed by atoms with van der Waals surface area (Å²) in [6, 6.07) is 8.20. The van der Waals surface area contributed by atoms with E-state index >= 15 is 0 Å². The molecule has 8 heteroatoms. The van der Waals surface area contributed by atoms with Crippen LogP contribution in [0.5, 0.6) is 0 Å². The van der Waals surface area contributed by atoms with Crippen molar-refractivity contribution in [3.05, 3.63) is 62.9 Å². The number of nitrogens with one attached hydrogen (secondary N) is 2. The minimum atomic E-state index is -0.488. The number of H-pyrrole nitrogens is 1. The Morgan fingerprint density at radius 3 is 2.96 bits per heavy atom. The van der Waals surface area contributed by atoms with Crippen LogP contribution in [0.15, 0.2) is 46.1 Å². The molecule has 0 radical (unpaired) electrons. The van der Waals surface area contributed by atoms with E-state index < -0.39 is 6.04 Å². The number of hydrogen-bond donors (Lipinski definition) is 2. The lowest BCUT2D eigenvalue weighted by molar-refractivity contribution is 0.0314. The maximum Gasteiger partial charge on any atom is 0.275 e. The zero-order valence-corrected chi connectivity index (χ0v) is 15.9. The van der Waals surface area contributed by atoms with Crippen molar-refractivity contribution >= 4 is 16.7 Å². The highest BCUT2D eigenvalue weighted by atomic mass is 16.5. The van der Waals surface area contributed by atoms with E-state index in [9.17, 15) is 9.59 Å². The third-order valence-corrected chi connectivity index (χ3v) is 5.21. The van der Waals surface area contributed by atoms with E-state index in [2.05, 4.69) is 20.4 Å². The van der Waals surface area contributed by atoms with E-state index in [-0.39, 0.29) is 16.7 Å². The Labute approximate surface area is 161 Å². The molecular formula is C20H23N5O3. The average Bonchev–Trinajstić information content (AvgIpc) is 3.13. The molecule has 3 heterocycles. The highest BCUT2D eigenvalue weighted by Gasteiger charge is 2.29. The second-order valence-corrected chi connectivity index (χ2v) is 7.43. The number of rotatable bonds is 5. The number of aromatic amines is 1. The van der Waals surface area contributed by atoms with Crippen molar-refractivity contribution in [2.75, 3.05) is 18.5 Å². The number of anilines is 1. The summed E-state index contributed by atoms with van der Waals surface area (Å²) in [6.07, 6.45) is 3.63. The Balaban J connectivity index is 1.63. The molecule has 0 aliphatic carbocycles. The van der Waals surface area contributed by atoms with Crippen molar-refractivity contribution in [1.29, 1.82) is 0 Å². The first-order chi connectivity index (χ1) is 13.5. The Kier molecular flexibility index (Phi) is 4.72. The smallest absolute Gasteiger partial charge is 0.275 e. The molecule has 28 heavy (non-hydrogen) atoms. The van der Waals surface area contributed by atoms with Gasteiger partial charge in [-0.1, -0.05) is 18.2 Å². The second-order valence-electron chi connectivity index (χ2n) is 7.43. The fourth-order valence-corrected chi connectivity index (χ4v) is 3.53. The molecule has 0 amide bonds. The van der Waals surface area contributed by atoms with E-state index in [0.29, 0.717) is 23.6 Å². The monoisotopic (exact) mass is 381 g/mol. The zero-order chi connectivity index (χ0) is 19.7. The third-order valence-electron chi connectivity index (χ3n) is 5.21. The Morgan fingerprint density at radius 1 is 1.36 bits per heavy atom. The van der Waals surface area contributed by atoms with Crippen molar-refractivity contribution in [2.45, 2.75) is 38.3 Å². The van der Waals surface area contributed by atoms with Gasteiger partial charge in [-0.3, -0.25) is 14.6 Å². The van der Waals surface area contributed by atoms with E-state index in [1.807, 2.05) is 25.1 Å². The van der Waals surface area contributed by atoms with Gasteiger partial charge in [-0.15, -0.1) is 0 Å². The fraction of sp³-hybridized carbons (Fsp3) is 0.400. The maximum atomic E-state index is 12.8. The summed E-state index contributed by atoms with van der Waals surface area (Å²) in [7, 11) is 0. The lowest BCUT2D eigenvalue weighted by Crippen LogP contribution is -2.34. The van der Waals surface area contributed by atoms with Crippen LogP contribution >= 0.6 is 0 Å². The van der Waals surface area contributed by atoms with Gasteiger partial charge >= 0.3 is 0 Å². The summed E-state index contributed by atoms with van der Waals surface area (Å²) < 4.78 is 7.11. The molecule has 1 aromatic carbocycles. The van der Waals surface area contributed by atoms with Crippen molar-refractivity contribution in [1.82, 2.24) is 19.7 Å². The fourth-order valence-electron chi connectivity index (χ4n) is 3.53. The number of benzene rings is 1. The molecule has 1 aliphatic heterocycles. The SMILES string of the molecule is C[C@H](c1cc(=O)[nH]c(NC[C@@]2(C)CCCO2)n1)n1ncc2ccccc2c1=O. The Hall–Kier alpha value is -3.00. The van der Waals surface area contributed by atoms with Crippen LogP contribution in [0.3, 0.4) is 0 Å². The van der Waals surface area contributed by atoms with Crippen LogP contribution in [0.25, 0.3) is 10.8 Å². The molecule has 0 saturated carbocycles. The van der Waals surface area contributed by atoms with Crippen LogP contribution in [0.2, 0.25) is 0 Å². The molecule has 3 aromatic rings. The molecule has 1 saturated heterocycles. The Bertz CT molecular complexity index is 1110. The summed E-state index contributed by atoms with van der Waals surface area (Å²) in [4.78, 5) is 32.2. The first kappa shape index (κ1) is 18.4. The van der Waals surface area contributed by atoms with Gasteiger partial charge in [0.15, 0.2) is 0 Å². The van der Waals surface area contributed by atoms with Crippen LogP contribution in [-0.2, 0) is 4.74 Å². The van der Waals surface area contributed by atoms with Gasteiger partial charge in [-0.25, -0.2) is 9.67 Å². The summed E-state index contributed by atoms with van der Waals surface area (Å²) in [5.41, 5.74) is -0.301. The number of aromatic nitrogens is 4. The summed E-state index contributed by atoms with van der Waals surface area (Å²) >= 11 is 0. The van der Waals surface area contributed by atoms with Crippen molar-refractivity contribution < 1.29 is 4.74 Å².